The van der Waals surface area contributed by atoms with E-state index in [2.05, 4.69) is 22.9 Å². The zero-order chi connectivity index (χ0) is 9.97. The fourth-order valence-electron chi connectivity index (χ4n) is 2.04. The summed E-state index contributed by atoms with van der Waals surface area (Å²) in [4.78, 5) is 5.45. The molecule has 1 aromatic heterocycles. The van der Waals surface area contributed by atoms with E-state index in [9.17, 15) is 0 Å². The number of rotatable bonds is 1. The van der Waals surface area contributed by atoms with Gasteiger partial charge in [0.05, 0.1) is 0 Å². The Hall–Kier alpha value is -1.43. The number of piperidine rings is 1. The smallest absolute Gasteiger partial charge is 0.119 e. The molecule has 14 heavy (non-hydrogen) atoms. The zero-order valence-electron chi connectivity index (χ0n) is 8.45. The highest BCUT2D eigenvalue weighted by Crippen LogP contribution is 2.21. The Morgan fingerprint density at radius 2 is 2.43 bits per heavy atom. The first-order valence-electron chi connectivity index (χ1n) is 5.13. The van der Waals surface area contributed by atoms with Gasteiger partial charge in [0, 0.05) is 13.1 Å². The minimum absolute atomic E-state index is 0.651. The maximum Gasteiger partial charge on any atom is 0.119 e. The quantitative estimate of drug-likeness (QED) is 0.735. The molecule has 0 radical (unpaired) electrons. The highest BCUT2D eigenvalue weighted by molar-refractivity contribution is 5.44. The number of nitrogens with zero attached hydrogens (tertiary/aromatic N) is 2. The van der Waals surface area contributed by atoms with Crippen molar-refractivity contribution in [2.45, 2.75) is 19.8 Å². The van der Waals surface area contributed by atoms with Gasteiger partial charge in [0.25, 0.3) is 0 Å². The Morgan fingerprint density at radius 1 is 1.57 bits per heavy atom. The largest absolute Gasteiger partial charge is 0.358 e. The molecule has 3 heteroatoms. The van der Waals surface area contributed by atoms with Crippen LogP contribution in [0.4, 0.5) is 5.82 Å². The fraction of sp³-hybridized carbons (Fsp3) is 0.545. The Bertz CT molecular complexity index is 348. The van der Waals surface area contributed by atoms with Crippen LogP contribution in [0.5, 0.6) is 0 Å². The normalized spacial score (nSPS) is 22.0. The number of hydrogen-bond donors (Lipinski definition) is 1. The van der Waals surface area contributed by atoms with Crippen LogP contribution in [0.25, 0.3) is 0 Å². The van der Waals surface area contributed by atoms with Crippen molar-refractivity contribution in [2.24, 2.45) is 5.92 Å². The summed E-state index contributed by atoms with van der Waals surface area (Å²) in [6, 6.07) is 5.95. The summed E-state index contributed by atoms with van der Waals surface area (Å²) in [7, 11) is 0. The summed E-state index contributed by atoms with van der Waals surface area (Å²) in [5.41, 5.74) is 0.651. The minimum Gasteiger partial charge on any atom is -0.358 e. The molecular formula is C11H15N3. The van der Waals surface area contributed by atoms with E-state index in [4.69, 9.17) is 5.26 Å². The standard InChI is InChI=1S/C11H15N3/c1-9-3-2-6-14(8-9)11-5-4-10(7-12)13-11/h4-5,9,13H,2-3,6,8H2,1H3. The van der Waals surface area contributed by atoms with Crippen LogP contribution in [-0.2, 0) is 0 Å². The number of nitriles is 1. The lowest BCUT2D eigenvalue weighted by Gasteiger charge is -2.31. The van der Waals surface area contributed by atoms with Gasteiger partial charge in [0.2, 0.25) is 0 Å². The molecule has 2 heterocycles. The van der Waals surface area contributed by atoms with E-state index in [1.165, 1.54) is 12.8 Å². The molecule has 1 fully saturated rings. The molecule has 1 N–H and O–H groups in total. The zero-order valence-corrected chi connectivity index (χ0v) is 8.45. The maximum atomic E-state index is 8.70. The van der Waals surface area contributed by atoms with E-state index in [0.29, 0.717) is 5.69 Å². The Kier molecular flexibility index (Phi) is 2.45. The van der Waals surface area contributed by atoms with E-state index in [-0.39, 0.29) is 0 Å². The highest BCUT2D eigenvalue weighted by atomic mass is 15.2. The van der Waals surface area contributed by atoms with Gasteiger partial charge in [-0.05, 0) is 30.9 Å². The van der Waals surface area contributed by atoms with Crippen LogP contribution >= 0.6 is 0 Å². The predicted octanol–water partition coefficient (Wildman–Crippen LogP) is 2.12. The van der Waals surface area contributed by atoms with Gasteiger partial charge < -0.3 is 9.88 Å². The van der Waals surface area contributed by atoms with Crippen LogP contribution in [0.3, 0.4) is 0 Å². The van der Waals surface area contributed by atoms with Gasteiger partial charge in [-0.15, -0.1) is 0 Å². The lowest BCUT2D eigenvalue weighted by Crippen LogP contribution is -2.34. The summed E-state index contributed by atoms with van der Waals surface area (Å²) in [5.74, 6) is 1.85. The van der Waals surface area contributed by atoms with Crippen molar-refractivity contribution in [3.8, 4) is 6.07 Å². The first-order chi connectivity index (χ1) is 6.79. The molecule has 0 saturated carbocycles. The van der Waals surface area contributed by atoms with E-state index >= 15 is 0 Å². The van der Waals surface area contributed by atoms with Gasteiger partial charge in [-0.1, -0.05) is 6.92 Å². The number of aromatic amines is 1. The van der Waals surface area contributed by atoms with Crippen LogP contribution < -0.4 is 4.90 Å². The molecule has 2 rings (SSSR count). The second kappa shape index (κ2) is 3.75. The molecule has 1 aromatic rings. The number of anilines is 1. The van der Waals surface area contributed by atoms with E-state index in [1.807, 2.05) is 12.1 Å². The van der Waals surface area contributed by atoms with Crippen molar-refractivity contribution >= 4 is 5.82 Å². The molecule has 0 amide bonds. The van der Waals surface area contributed by atoms with Crippen LogP contribution in [0.1, 0.15) is 25.5 Å². The topological polar surface area (TPSA) is 42.8 Å². The third kappa shape index (κ3) is 1.74. The lowest BCUT2D eigenvalue weighted by atomic mass is 10.0. The monoisotopic (exact) mass is 189 g/mol. The summed E-state index contributed by atoms with van der Waals surface area (Å²) >= 11 is 0. The molecular weight excluding hydrogens is 174 g/mol. The maximum absolute atomic E-state index is 8.70. The van der Waals surface area contributed by atoms with Crippen molar-refractivity contribution in [2.75, 3.05) is 18.0 Å². The predicted molar refractivity (Wildman–Crippen MR) is 56.1 cm³/mol. The molecule has 74 valence electrons. The third-order valence-corrected chi connectivity index (χ3v) is 2.79. The number of hydrogen-bond acceptors (Lipinski definition) is 2. The SMILES string of the molecule is CC1CCCN(c2ccc(C#N)[nH]2)C1. The molecule has 0 aromatic carbocycles. The van der Waals surface area contributed by atoms with Gasteiger partial charge >= 0.3 is 0 Å². The molecule has 1 atom stereocenters. The molecule has 3 nitrogen and oxygen atoms in total. The van der Waals surface area contributed by atoms with Gasteiger partial charge in [0.15, 0.2) is 0 Å². The van der Waals surface area contributed by atoms with Crippen LogP contribution in [0, 0.1) is 17.2 Å². The number of nitrogens with one attached hydrogen (secondary N) is 1. The molecule has 1 unspecified atom stereocenters. The van der Waals surface area contributed by atoms with Crippen LogP contribution in [-0.4, -0.2) is 18.1 Å². The van der Waals surface area contributed by atoms with E-state index in [0.717, 1.165) is 24.8 Å². The van der Waals surface area contributed by atoms with Crippen LogP contribution in [0.15, 0.2) is 12.1 Å². The van der Waals surface area contributed by atoms with Crippen molar-refractivity contribution in [3.05, 3.63) is 17.8 Å². The molecule has 0 bridgehead atoms. The van der Waals surface area contributed by atoms with Gasteiger partial charge in [-0.3, -0.25) is 0 Å². The Labute approximate surface area is 84.3 Å². The average Bonchev–Trinajstić information content (AvgIpc) is 2.66. The number of H-pyrrole nitrogens is 1. The Balaban J connectivity index is 2.10. The van der Waals surface area contributed by atoms with Crippen molar-refractivity contribution in [1.29, 1.82) is 5.26 Å². The highest BCUT2D eigenvalue weighted by Gasteiger charge is 2.17. The van der Waals surface area contributed by atoms with Crippen molar-refractivity contribution < 1.29 is 0 Å². The van der Waals surface area contributed by atoms with Gasteiger partial charge in [-0.2, -0.15) is 5.26 Å². The summed E-state index contributed by atoms with van der Waals surface area (Å²) in [6.45, 7) is 4.49. The third-order valence-electron chi connectivity index (χ3n) is 2.79. The molecule has 1 aliphatic rings. The summed E-state index contributed by atoms with van der Waals surface area (Å²) in [6.07, 6.45) is 2.57. The van der Waals surface area contributed by atoms with E-state index < -0.39 is 0 Å². The molecule has 1 aliphatic heterocycles. The first-order valence-corrected chi connectivity index (χ1v) is 5.13. The fourth-order valence-corrected chi connectivity index (χ4v) is 2.04. The van der Waals surface area contributed by atoms with Gasteiger partial charge in [-0.25, -0.2) is 0 Å². The summed E-state index contributed by atoms with van der Waals surface area (Å²) < 4.78 is 0. The second-order valence-corrected chi connectivity index (χ2v) is 4.06. The van der Waals surface area contributed by atoms with Crippen molar-refractivity contribution in [3.63, 3.8) is 0 Å². The average molecular weight is 189 g/mol. The molecule has 0 aliphatic carbocycles. The van der Waals surface area contributed by atoms with Crippen molar-refractivity contribution in [1.82, 2.24) is 4.98 Å². The van der Waals surface area contributed by atoms with E-state index in [1.54, 1.807) is 0 Å². The summed E-state index contributed by atoms with van der Waals surface area (Å²) in [5, 5.41) is 8.70. The lowest BCUT2D eigenvalue weighted by molar-refractivity contribution is 0.445. The molecule has 0 spiro atoms. The van der Waals surface area contributed by atoms with Crippen LogP contribution in [0.2, 0.25) is 0 Å². The molecule has 1 saturated heterocycles. The minimum atomic E-state index is 0.651. The van der Waals surface area contributed by atoms with Gasteiger partial charge in [0.1, 0.15) is 17.6 Å². The Morgan fingerprint density at radius 3 is 3.07 bits per heavy atom. The first kappa shape index (κ1) is 9.14. The number of aromatic nitrogens is 1. The second-order valence-electron chi connectivity index (χ2n) is 4.06.